The molecular formula is C18H15FN2S. The summed E-state index contributed by atoms with van der Waals surface area (Å²) in [5, 5.41) is 7.17. The summed E-state index contributed by atoms with van der Waals surface area (Å²) in [6.07, 6.45) is 1.94. The van der Waals surface area contributed by atoms with Crippen LogP contribution in [-0.4, -0.2) is 5.11 Å². The van der Waals surface area contributed by atoms with E-state index in [9.17, 15) is 4.39 Å². The van der Waals surface area contributed by atoms with Crippen molar-refractivity contribution < 1.29 is 4.39 Å². The van der Waals surface area contributed by atoms with Crippen LogP contribution < -0.4 is 10.6 Å². The second-order valence-corrected chi connectivity index (χ2v) is 6.05. The molecule has 110 valence electrons. The number of nitrogens with one attached hydrogen (secondary N) is 2. The lowest BCUT2D eigenvalue weighted by Crippen LogP contribution is -2.44. The maximum Gasteiger partial charge on any atom is 0.171 e. The number of hydrogen-bond acceptors (Lipinski definition) is 1. The standard InChI is InChI=1S/C18H15FN2S/c19-13-6-3-5-12(10-13)16-15-9-8-11-4-1-2-7-14(11)17(15)21-18(22)20-16/h1-7,10,16H,8-9H2,(H2,20,21,22). The third kappa shape index (κ3) is 2.20. The van der Waals surface area contributed by atoms with Gasteiger partial charge in [-0.2, -0.15) is 0 Å². The smallest absolute Gasteiger partial charge is 0.171 e. The van der Waals surface area contributed by atoms with Crippen molar-refractivity contribution in [2.24, 2.45) is 0 Å². The Morgan fingerprint density at radius 3 is 2.77 bits per heavy atom. The molecule has 0 radical (unpaired) electrons. The first-order valence-corrected chi connectivity index (χ1v) is 7.77. The van der Waals surface area contributed by atoms with Gasteiger partial charge in [0.05, 0.1) is 6.04 Å². The molecule has 0 saturated heterocycles. The van der Waals surface area contributed by atoms with Crippen LogP contribution in [0.15, 0.2) is 54.1 Å². The zero-order valence-corrected chi connectivity index (χ0v) is 12.7. The molecule has 0 aromatic heterocycles. The number of hydrogen-bond donors (Lipinski definition) is 2. The summed E-state index contributed by atoms with van der Waals surface area (Å²) < 4.78 is 13.6. The highest BCUT2D eigenvalue weighted by molar-refractivity contribution is 7.80. The molecule has 0 saturated carbocycles. The van der Waals surface area contributed by atoms with E-state index in [4.69, 9.17) is 12.2 Å². The van der Waals surface area contributed by atoms with Crippen LogP contribution in [0.1, 0.15) is 29.2 Å². The van der Waals surface area contributed by atoms with Crippen molar-refractivity contribution in [3.8, 4) is 0 Å². The van der Waals surface area contributed by atoms with E-state index in [0.717, 1.165) is 24.1 Å². The zero-order valence-electron chi connectivity index (χ0n) is 11.9. The van der Waals surface area contributed by atoms with Crippen molar-refractivity contribution in [3.63, 3.8) is 0 Å². The average molecular weight is 310 g/mol. The van der Waals surface area contributed by atoms with Crippen LogP contribution in [0.3, 0.4) is 0 Å². The molecule has 0 fully saturated rings. The highest BCUT2D eigenvalue weighted by Gasteiger charge is 2.30. The molecule has 2 aliphatic rings. The minimum Gasteiger partial charge on any atom is -0.352 e. The van der Waals surface area contributed by atoms with Gasteiger partial charge in [-0.15, -0.1) is 0 Å². The minimum absolute atomic E-state index is 0.0622. The summed E-state index contributed by atoms with van der Waals surface area (Å²) in [6.45, 7) is 0. The molecule has 4 rings (SSSR count). The first-order chi connectivity index (χ1) is 10.7. The van der Waals surface area contributed by atoms with E-state index in [0.29, 0.717) is 5.11 Å². The van der Waals surface area contributed by atoms with Gasteiger partial charge in [-0.05, 0) is 53.9 Å². The molecule has 4 heteroatoms. The van der Waals surface area contributed by atoms with Crippen molar-refractivity contribution >= 4 is 23.0 Å². The van der Waals surface area contributed by atoms with Gasteiger partial charge in [0.2, 0.25) is 0 Å². The predicted molar refractivity (Wildman–Crippen MR) is 89.7 cm³/mol. The van der Waals surface area contributed by atoms with Crippen LogP contribution in [0.2, 0.25) is 0 Å². The van der Waals surface area contributed by atoms with Crippen LogP contribution in [0, 0.1) is 5.82 Å². The lowest BCUT2D eigenvalue weighted by Gasteiger charge is -2.35. The Labute approximate surface area is 134 Å². The molecule has 2 aromatic rings. The van der Waals surface area contributed by atoms with Gasteiger partial charge in [0.1, 0.15) is 5.82 Å². The van der Waals surface area contributed by atoms with Crippen molar-refractivity contribution in [2.45, 2.75) is 18.9 Å². The normalized spacial score (nSPS) is 19.9. The number of halogens is 1. The molecule has 1 aliphatic heterocycles. The fourth-order valence-corrected chi connectivity index (χ4v) is 3.54. The van der Waals surface area contributed by atoms with Gasteiger partial charge in [0.25, 0.3) is 0 Å². The third-order valence-electron chi connectivity index (χ3n) is 4.32. The van der Waals surface area contributed by atoms with Crippen molar-refractivity contribution in [1.82, 2.24) is 10.6 Å². The van der Waals surface area contributed by atoms with Crippen LogP contribution >= 0.6 is 12.2 Å². The van der Waals surface area contributed by atoms with E-state index in [1.54, 1.807) is 12.1 Å². The summed E-state index contributed by atoms with van der Waals surface area (Å²) in [4.78, 5) is 0. The van der Waals surface area contributed by atoms with E-state index in [1.165, 1.54) is 22.8 Å². The number of thiocarbonyl (C=S) groups is 1. The summed E-state index contributed by atoms with van der Waals surface area (Å²) in [5.74, 6) is -0.220. The molecule has 2 nitrogen and oxygen atoms in total. The zero-order chi connectivity index (χ0) is 15.1. The second-order valence-electron chi connectivity index (χ2n) is 5.64. The van der Waals surface area contributed by atoms with Crippen molar-refractivity contribution in [2.75, 3.05) is 0 Å². The highest BCUT2D eigenvalue weighted by Crippen LogP contribution is 2.38. The molecule has 0 bridgehead atoms. The molecule has 0 amide bonds. The van der Waals surface area contributed by atoms with E-state index in [2.05, 4.69) is 28.8 Å². The largest absolute Gasteiger partial charge is 0.352 e. The molecule has 2 N–H and O–H groups in total. The Morgan fingerprint density at radius 1 is 1.05 bits per heavy atom. The maximum absolute atomic E-state index is 13.6. The van der Waals surface area contributed by atoms with Gasteiger partial charge in [-0.1, -0.05) is 36.4 Å². The summed E-state index contributed by atoms with van der Waals surface area (Å²) in [7, 11) is 0. The molecule has 1 atom stereocenters. The Hall–Kier alpha value is -2.20. The molecular weight excluding hydrogens is 295 g/mol. The first-order valence-electron chi connectivity index (χ1n) is 7.36. The van der Waals surface area contributed by atoms with Gasteiger partial charge in [0.15, 0.2) is 5.11 Å². The van der Waals surface area contributed by atoms with Crippen molar-refractivity contribution in [3.05, 3.63) is 76.6 Å². The van der Waals surface area contributed by atoms with E-state index in [-0.39, 0.29) is 11.9 Å². The van der Waals surface area contributed by atoms with Gasteiger partial charge < -0.3 is 10.6 Å². The Balaban J connectivity index is 1.86. The molecule has 1 heterocycles. The maximum atomic E-state index is 13.6. The van der Waals surface area contributed by atoms with Gasteiger partial charge in [-0.25, -0.2) is 4.39 Å². The topological polar surface area (TPSA) is 24.1 Å². The fourth-order valence-electron chi connectivity index (χ4n) is 3.32. The van der Waals surface area contributed by atoms with Gasteiger partial charge >= 0.3 is 0 Å². The number of rotatable bonds is 1. The third-order valence-corrected chi connectivity index (χ3v) is 4.54. The SMILES string of the molecule is Fc1cccc(C2NC(=S)NC3=C2CCc2ccccc23)c1. The lowest BCUT2D eigenvalue weighted by atomic mass is 9.83. The summed E-state index contributed by atoms with van der Waals surface area (Å²) in [6, 6.07) is 15.1. The molecule has 22 heavy (non-hydrogen) atoms. The van der Waals surface area contributed by atoms with Gasteiger partial charge in [-0.3, -0.25) is 0 Å². The van der Waals surface area contributed by atoms with E-state index in [1.807, 2.05) is 12.1 Å². The molecule has 1 aliphatic carbocycles. The Bertz CT molecular complexity index is 797. The summed E-state index contributed by atoms with van der Waals surface area (Å²) in [5.41, 5.74) is 5.78. The van der Waals surface area contributed by atoms with E-state index < -0.39 is 0 Å². The Morgan fingerprint density at radius 2 is 1.91 bits per heavy atom. The Kier molecular flexibility index (Phi) is 3.19. The average Bonchev–Trinajstić information content (AvgIpc) is 2.54. The summed E-state index contributed by atoms with van der Waals surface area (Å²) >= 11 is 5.36. The van der Waals surface area contributed by atoms with E-state index >= 15 is 0 Å². The monoisotopic (exact) mass is 310 g/mol. The van der Waals surface area contributed by atoms with Crippen LogP contribution in [0.25, 0.3) is 5.70 Å². The minimum atomic E-state index is -0.220. The van der Waals surface area contributed by atoms with Crippen LogP contribution in [0.5, 0.6) is 0 Å². The highest BCUT2D eigenvalue weighted by atomic mass is 32.1. The van der Waals surface area contributed by atoms with Crippen LogP contribution in [0.4, 0.5) is 4.39 Å². The number of aryl methyl sites for hydroxylation is 1. The van der Waals surface area contributed by atoms with Crippen molar-refractivity contribution in [1.29, 1.82) is 0 Å². The number of benzene rings is 2. The van der Waals surface area contributed by atoms with Crippen LogP contribution in [-0.2, 0) is 6.42 Å². The predicted octanol–water partition coefficient (Wildman–Crippen LogP) is 3.70. The molecule has 2 aromatic carbocycles. The molecule has 1 unspecified atom stereocenters. The quantitative estimate of drug-likeness (QED) is 0.785. The van der Waals surface area contributed by atoms with Gasteiger partial charge in [0, 0.05) is 11.3 Å². The fraction of sp³-hybridized carbons (Fsp3) is 0.167. The molecule has 0 spiro atoms. The number of fused-ring (bicyclic) bond motifs is 2. The lowest BCUT2D eigenvalue weighted by molar-refractivity contribution is 0.614. The second kappa shape index (κ2) is 5.21. The first kappa shape index (κ1) is 13.5.